The first-order valence-corrected chi connectivity index (χ1v) is 3.22. The fourth-order valence-corrected chi connectivity index (χ4v) is 1.13. The third-order valence-electron chi connectivity index (χ3n) is 1.91. The van der Waals surface area contributed by atoms with Crippen LogP contribution in [0.25, 0.3) is 0 Å². The Kier molecular flexibility index (Phi) is 1.54. The Morgan fingerprint density at radius 2 is 2.50 bits per heavy atom. The van der Waals surface area contributed by atoms with Crippen molar-refractivity contribution in [2.75, 3.05) is 13.1 Å². The molecule has 0 aromatic rings. The number of rotatable bonds is 1. The lowest BCUT2D eigenvalue weighted by Gasteiger charge is -2.20. The molecule has 2 heteroatoms. The average Bonchev–Trinajstić information content (AvgIpc) is 2.17. The molecule has 1 aliphatic rings. The lowest BCUT2D eigenvalue weighted by atomic mass is 10.0. The molecule has 0 aromatic carbocycles. The van der Waals surface area contributed by atoms with Crippen molar-refractivity contribution in [2.45, 2.75) is 25.3 Å². The van der Waals surface area contributed by atoms with Gasteiger partial charge in [0, 0.05) is 12.1 Å². The highest BCUT2D eigenvalue weighted by atomic mass is 15.0. The van der Waals surface area contributed by atoms with Crippen LogP contribution in [-0.4, -0.2) is 18.6 Å². The second-order valence-electron chi connectivity index (χ2n) is 2.80. The van der Waals surface area contributed by atoms with Gasteiger partial charge in [-0.1, -0.05) is 0 Å². The van der Waals surface area contributed by atoms with Gasteiger partial charge in [-0.05, 0) is 26.3 Å². The molecule has 0 bridgehead atoms. The molecule has 8 heavy (non-hydrogen) atoms. The summed E-state index contributed by atoms with van der Waals surface area (Å²) in [5, 5.41) is 3.36. The first-order chi connectivity index (χ1) is 3.77. The molecule has 1 saturated heterocycles. The summed E-state index contributed by atoms with van der Waals surface area (Å²) in [5.41, 5.74) is 5.77. The Balaban J connectivity index is 2.40. The van der Waals surface area contributed by atoms with Gasteiger partial charge in [-0.15, -0.1) is 0 Å². The zero-order valence-corrected chi connectivity index (χ0v) is 5.41. The maximum atomic E-state index is 5.51. The fraction of sp³-hybridized carbons (Fsp3) is 1.00. The molecule has 0 amide bonds. The van der Waals surface area contributed by atoms with E-state index in [1.54, 1.807) is 0 Å². The molecule has 0 aliphatic carbocycles. The third kappa shape index (κ3) is 1.01. The highest BCUT2D eigenvalue weighted by Gasteiger charge is 2.25. The van der Waals surface area contributed by atoms with Crippen LogP contribution in [0.4, 0.5) is 0 Å². The van der Waals surface area contributed by atoms with Crippen molar-refractivity contribution < 1.29 is 0 Å². The minimum atomic E-state index is 0.264. The standard InChI is InChI=1S/C6H14N2/c1-6(5-7)3-2-4-8-6/h8H,2-5,7H2,1H3/t6-/m1/s1. The summed E-state index contributed by atoms with van der Waals surface area (Å²) in [6.45, 7) is 4.10. The summed E-state index contributed by atoms with van der Waals surface area (Å²) in [4.78, 5) is 0. The molecule has 0 saturated carbocycles. The van der Waals surface area contributed by atoms with Gasteiger partial charge < -0.3 is 11.1 Å². The minimum Gasteiger partial charge on any atom is -0.329 e. The van der Waals surface area contributed by atoms with Crippen LogP contribution in [0, 0.1) is 0 Å². The van der Waals surface area contributed by atoms with Crippen LogP contribution in [-0.2, 0) is 0 Å². The van der Waals surface area contributed by atoms with E-state index in [0.29, 0.717) is 0 Å². The van der Waals surface area contributed by atoms with E-state index >= 15 is 0 Å². The molecule has 1 fully saturated rings. The second-order valence-corrected chi connectivity index (χ2v) is 2.80. The zero-order valence-electron chi connectivity index (χ0n) is 5.41. The molecule has 1 rings (SSSR count). The Hall–Kier alpha value is -0.0800. The maximum absolute atomic E-state index is 5.51. The largest absolute Gasteiger partial charge is 0.329 e. The van der Waals surface area contributed by atoms with Gasteiger partial charge in [0.15, 0.2) is 0 Å². The van der Waals surface area contributed by atoms with Gasteiger partial charge in [0.1, 0.15) is 0 Å². The quantitative estimate of drug-likeness (QED) is 0.507. The molecule has 0 spiro atoms. The SMILES string of the molecule is C[C@]1(CN)CCCN1. The Morgan fingerprint density at radius 3 is 2.75 bits per heavy atom. The van der Waals surface area contributed by atoms with E-state index in [1.807, 2.05) is 0 Å². The van der Waals surface area contributed by atoms with E-state index < -0.39 is 0 Å². The lowest BCUT2D eigenvalue weighted by Crippen LogP contribution is -2.43. The third-order valence-corrected chi connectivity index (χ3v) is 1.91. The Labute approximate surface area is 50.4 Å². The van der Waals surface area contributed by atoms with E-state index in [0.717, 1.165) is 13.1 Å². The van der Waals surface area contributed by atoms with Gasteiger partial charge in [-0.25, -0.2) is 0 Å². The molecule has 48 valence electrons. The van der Waals surface area contributed by atoms with Crippen molar-refractivity contribution in [1.82, 2.24) is 5.32 Å². The van der Waals surface area contributed by atoms with Crippen LogP contribution >= 0.6 is 0 Å². The first kappa shape index (κ1) is 6.05. The van der Waals surface area contributed by atoms with Crippen LogP contribution in [0.5, 0.6) is 0 Å². The highest BCUT2D eigenvalue weighted by Crippen LogP contribution is 2.15. The second kappa shape index (κ2) is 2.03. The summed E-state index contributed by atoms with van der Waals surface area (Å²) in [6, 6.07) is 0. The molecule has 1 atom stereocenters. The monoisotopic (exact) mass is 114 g/mol. The van der Waals surface area contributed by atoms with Crippen molar-refractivity contribution in [3.8, 4) is 0 Å². The normalized spacial score (nSPS) is 38.2. The molecule has 1 aliphatic heterocycles. The topological polar surface area (TPSA) is 38.0 Å². The summed E-state index contributed by atoms with van der Waals surface area (Å²) in [7, 11) is 0. The zero-order chi connectivity index (χ0) is 6.04. The number of nitrogens with one attached hydrogen (secondary N) is 1. The Bertz CT molecular complexity index is 74.6. The molecular formula is C6H14N2. The molecule has 1 heterocycles. The fourth-order valence-electron chi connectivity index (χ4n) is 1.13. The lowest BCUT2D eigenvalue weighted by molar-refractivity contribution is 0.427. The molecular weight excluding hydrogens is 100 g/mol. The van der Waals surface area contributed by atoms with E-state index in [1.165, 1.54) is 12.8 Å². The van der Waals surface area contributed by atoms with Gasteiger partial charge in [0.25, 0.3) is 0 Å². The van der Waals surface area contributed by atoms with Gasteiger partial charge in [0.2, 0.25) is 0 Å². The van der Waals surface area contributed by atoms with Crippen molar-refractivity contribution >= 4 is 0 Å². The van der Waals surface area contributed by atoms with Gasteiger partial charge in [-0.3, -0.25) is 0 Å². The summed E-state index contributed by atoms with van der Waals surface area (Å²) >= 11 is 0. The molecule has 0 radical (unpaired) electrons. The molecule has 3 N–H and O–H groups in total. The van der Waals surface area contributed by atoms with Gasteiger partial charge in [0.05, 0.1) is 0 Å². The predicted octanol–water partition coefficient (Wildman–Crippen LogP) is 0.0872. The first-order valence-electron chi connectivity index (χ1n) is 3.22. The van der Waals surface area contributed by atoms with E-state index in [2.05, 4.69) is 12.2 Å². The van der Waals surface area contributed by atoms with Crippen LogP contribution in [0.15, 0.2) is 0 Å². The van der Waals surface area contributed by atoms with Crippen molar-refractivity contribution in [1.29, 1.82) is 0 Å². The molecule has 2 nitrogen and oxygen atoms in total. The summed E-state index contributed by atoms with van der Waals surface area (Å²) < 4.78 is 0. The predicted molar refractivity (Wildman–Crippen MR) is 34.7 cm³/mol. The van der Waals surface area contributed by atoms with Crippen molar-refractivity contribution in [3.05, 3.63) is 0 Å². The van der Waals surface area contributed by atoms with Gasteiger partial charge in [-0.2, -0.15) is 0 Å². The van der Waals surface area contributed by atoms with Crippen LogP contribution in [0.3, 0.4) is 0 Å². The Morgan fingerprint density at radius 1 is 1.75 bits per heavy atom. The smallest absolute Gasteiger partial charge is 0.0276 e. The number of hydrogen-bond acceptors (Lipinski definition) is 2. The minimum absolute atomic E-state index is 0.264. The average molecular weight is 114 g/mol. The van der Waals surface area contributed by atoms with Crippen LogP contribution < -0.4 is 11.1 Å². The van der Waals surface area contributed by atoms with Crippen molar-refractivity contribution in [3.63, 3.8) is 0 Å². The van der Waals surface area contributed by atoms with Crippen LogP contribution in [0.2, 0.25) is 0 Å². The summed E-state index contributed by atoms with van der Waals surface area (Å²) in [5.74, 6) is 0. The van der Waals surface area contributed by atoms with Crippen LogP contribution in [0.1, 0.15) is 19.8 Å². The summed E-state index contributed by atoms with van der Waals surface area (Å²) in [6.07, 6.45) is 2.53. The van der Waals surface area contributed by atoms with E-state index in [4.69, 9.17) is 5.73 Å². The van der Waals surface area contributed by atoms with Gasteiger partial charge >= 0.3 is 0 Å². The van der Waals surface area contributed by atoms with E-state index in [-0.39, 0.29) is 5.54 Å². The maximum Gasteiger partial charge on any atom is 0.0276 e. The van der Waals surface area contributed by atoms with E-state index in [9.17, 15) is 0 Å². The van der Waals surface area contributed by atoms with Crippen molar-refractivity contribution in [2.24, 2.45) is 5.73 Å². The number of nitrogens with two attached hydrogens (primary N) is 1. The molecule has 0 unspecified atom stereocenters. The molecule has 0 aromatic heterocycles. The highest BCUT2D eigenvalue weighted by molar-refractivity contribution is 4.88. The number of hydrogen-bond donors (Lipinski definition) is 2.